The van der Waals surface area contributed by atoms with E-state index in [1.165, 1.54) is 28.8 Å². The summed E-state index contributed by atoms with van der Waals surface area (Å²) in [4.78, 5) is 6.44. The molecule has 4 rings (SSSR count). The first kappa shape index (κ1) is 11.1. The predicted octanol–water partition coefficient (Wildman–Crippen LogP) is 2.14. The second-order valence-electron chi connectivity index (χ2n) is 5.48. The topological polar surface area (TPSA) is 18.5 Å². The fourth-order valence-electron chi connectivity index (χ4n) is 3.38. The maximum absolute atomic E-state index is 4.89. The fourth-order valence-corrected chi connectivity index (χ4v) is 3.38. The van der Waals surface area contributed by atoms with Crippen LogP contribution in [0.5, 0.6) is 0 Å². The molecule has 1 aromatic heterocycles. The number of fused-ring (bicyclic) bond motifs is 5. The number of para-hydroxylation sites is 1. The van der Waals surface area contributed by atoms with E-state index in [2.05, 4.69) is 49.5 Å². The van der Waals surface area contributed by atoms with E-state index in [4.69, 9.17) is 4.98 Å². The third-order valence-electron chi connectivity index (χ3n) is 4.42. The molecule has 0 bridgehead atoms. The van der Waals surface area contributed by atoms with Crippen molar-refractivity contribution in [3.05, 3.63) is 59.4 Å². The predicted molar refractivity (Wildman–Crippen MR) is 77.1 cm³/mol. The molecule has 0 saturated heterocycles. The Bertz CT molecular complexity index is 690. The van der Waals surface area contributed by atoms with Gasteiger partial charge in [-0.1, -0.05) is 43.0 Å². The van der Waals surface area contributed by atoms with Gasteiger partial charge in [-0.2, -0.15) is 0 Å². The molecule has 2 atom stereocenters. The van der Waals surface area contributed by atoms with Crippen molar-refractivity contribution >= 4 is 10.9 Å². The van der Waals surface area contributed by atoms with Crippen molar-refractivity contribution in [1.29, 1.82) is 0 Å². The Morgan fingerprint density at radius 2 is 2.21 bits per heavy atom. The van der Waals surface area contributed by atoms with Gasteiger partial charge in [-0.25, -0.2) is 0 Å². The van der Waals surface area contributed by atoms with Crippen molar-refractivity contribution < 1.29 is 4.90 Å². The van der Waals surface area contributed by atoms with E-state index in [9.17, 15) is 0 Å². The molecule has 1 aromatic carbocycles. The average Bonchev–Trinajstić information content (AvgIpc) is 2.85. The van der Waals surface area contributed by atoms with Crippen molar-refractivity contribution in [3.63, 3.8) is 0 Å². The monoisotopic (exact) mass is 250 g/mol. The SMILES string of the molecule is CCC1=C[NH+]2CCc3c([n-]c4ccccc34)C2C=C1. The number of hydrogen-bond acceptors (Lipinski definition) is 0. The highest BCUT2D eigenvalue weighted by molar-refractivity contribution is 5.84. The zero-order valence-corrected chi connectivity index (χ0v) is 11.2. The van der Waals surface area contributed by atoms with E-state index in [1.54, 1.807) is 4.90 Å². The smallest absolute Gasteiger partial charge is 0.116 e. The molecule has 2 aromatic rings. The highest BCUT2D eigenvalue weighted by Crippen LogP contribution is 2.29. The lowest BCUT2D eigenvalue weighted by Gasteiger charge is -2.34. The number of quaternary nitrogens is 1. The molecule has 0 spiro atoms. The minimum Gasteiger partial charge on any atom is -0.655 e. The zero-order valence-electron chi connectivity index (χ0n) is 11.2. The van der Waals surface area contributed by atoms with Gasteiger partial charge >= 0.3 is 0 Å². The lowest BCUT2D eigenvalue weighted by Crippen LogP contribution is -3.09. The van der Waals surface area contributed by atoms with Crippen LogP contribution in [0.25, 0.3) is 10.9 Å². The lowest BCUT2D eigenvalue weighted by molar-refractivity contribution is -0.877. The van der Waals surface area contributed by atoms with Gasteiger partial charge in [0.05, 0.1) is 12.7 Å². The molecule has 1 N–H and O–H groups in total. The van der Waals surface area contributed by atoms with Gasteiger partial charge in [0, 0.05) is 12.0 Å². The van der Waals surface area contributed by atoms with Crippen LogP contribution in [-0.4, -0.2) is 6.54 Å². The minimum absolute atomic E-state index is 0.423. The second-order valence-corrected chi connectivity index (χ2v) is 5.48. The molecular weight excluding hydrogens is 232 g/mol. The summed E-state index contributed by atoms with van der Waals surface area (Å²) in [5.74, 6) is 0. The van der Waals surface area contributed by atoms with E-state index in [1.807, 2.05) is 0 Å². The first-order valence-electron chi connectivity index (χ1n) is 7.15. The summed E-state index contributed by atoms with van der Waals surface area (Å²) >= 11 is 0. The van der Waals surface area contributed by atoms with Crippen LogP contribution in [0.3, 0.4) is 0 Å². The number of benzene rings is 1. The van der Waals surface area contributed by atoms with Gasteiger partial charge in [0.25, 0.3) is 0 Å². The normalized spacial score (nSPS) is 25.0. The standard InChI is InChI=1S/C17H17N2/c1-2-12-7-8-16-17-14(9-10-19(16)11-12)13-5-3-4-6-15(13)18-17/h3-8,11,16H,2,9-10H2,1H3/q-1/p+1. The molecule has 3 heterocycles. The number of nitrogens with one attached hydrogen (secondary N) is 1. The number of hydrogen-bond donors (Lipinski definition) is 1. The summed E-state index contributed by atoms with van der Waals surface area (Å²) in [7, 11) is 0. The second kappa shape index (κ2) is 4.10. The maximum atomic E-state index is 4.89. The molecule has 0 radical (unpaired) electrons. The van der Waals surface area contributed by atoms with E-state index in [-0.39, 0.29) is 0 Å². The molecule has 2 unspecified atom stereocenters. The van der Waals surface area contributed by atoms with Crippen molar-refractivity contribution in [3.8, 4) is 0 Å². The van der Waals surface area contributed by atoms with Crippen LogP contribution in [0.2, 0.25) is 0 Å². The molecule has 96 valence electrons. The van der Waals surface area contributed by atoms with Gasteiger partial charge in [0.2, 0.25) is 0 Å². The zero-order chi connectivity index (χ0) is 12.8. The summed E-state index contributed by atoms with van der Waals surface area (Å²) in [6.45, 7) is 3.40. The minimum atomic E-state index is 0.423. The highest BCUT2D eigenvalue weighted by Gasteiger charge is 2.28. The van der Waals surface area contributed by atoms with Crippen LogP contribution >= 0.6 is 0 Å². The molecular formula is C17H18N2. The third-order valence-corrected chi connectivity index (χ3v) is 4.42. The Kier molecular flexibility index (Phi) is 2.39. The Morgan fingerprint density at radius 1 is 1.32 bits per heavy atom. The molecule has 2 heteroatoms. The summed E-state index contributed by atoms with van der Waals surface area (Å²) < 4.78 is 0. The number of allylic oxidation sites excluding steroid dienone is 2. The molecule has 19 heavy (non-hydrogen) atoms. The van der Waals surface area contributed by atoms with Gasteiger partial charge in [0.1, 0.15) is 6.04 Å². The van der Waals surface area contributed by atoms with E-state index >= 15 is 0 Å². The maximum Gasteiger partial charge on any atom is 0.116 e. The van der Waals surface area contributed by atoms with Crippen molar-refractivity contribution in [2.24, 2.45) is 0 Å². The highest BCUT2D eigenvalue weighted by atomic mass is 15.2. The Morgan fingerprint density at radius 3 is 3.11 bits per heavy atom. The van der Waals surface area contributed by atoms with E-state index in [0.717, 1.165) is 18.4 Å². The van der Waals surface area contributed by atoms with Gasteiger partial charge in [0.15, 0.2) is 0 Å². The Labute approximate surface area is 113 Å². The molecule has 0 aliphatic carbocycles. The van der Waals surface area contributed by atoms with Crippen molar-refractivity contribution in [2.75, 3.05) is 6.54 Å². The van der Waals surface area contributed by atoms with Gasteiger partial charge in [-0.3, -0.25) is 0 Å². The first-order chi connectivity index (χ1) is 9.36. The van der Waals surface area contributed by atoms with Crippen molar-refractivity contribution in [2.45, 2.75) is 25.8 Å². The largest absolute Gasteiger partial charge is 0.655 e. The molecule has 0 fully saturated rings. The number of aromatic nitrogens is 1. The van der Waals surface area contributed by atoms with Gasteiger partial charge in [-0.15, -0.1) is 5.52 Å². The molecule has 2 nitrogen and oxygen atoms in total. The van der Waals surface area contributed by atoms with E-state index in [0.29, 0.717) is 6.04 Å². The van der Waals surface area contributed by atoms with Gasteiger partial charge in [-0.05, 0) is 23.4 Å². The summed E-state index contributed by atoms with van der Waals surface area (Å²) in [5.41, 5.74) is 5.38. The quantitative estimate of drug-likeness (QED) is 0.821. The third kappa shape index (κ3) is 1.60. The Balaban J connectivity index is 1.85. The lowest BCUT2D eigenvalue weighted by atomic mass is 9.94. The fraction of sp³-hybridized carbons (Fsp3) is 0.294. The van der Waals surface area contributed by atoms with Crippen LogP contribution in [0, 0.1) is 0 Å². The number of rotatable bonds is 1. The molecule has 2 aliphatic rings. The Hall–Kier alpha value is -1.80. The summed E-state index contributed by atoms with van der Waals surface area (Å²) in [6.07, 6.45) is 9.28. The molecule has 2 aliphatic heterocycles. The van der Waals surface area contributed by atoms with Gasteiger partial charge < -0.3 is 9.88 Å². The van der Waals surface area contributed by atoms with Crippen molar-refractivity contribution in [1.82, 2.24) is 4.98 Å². The van der Waals surface area contributed by atoms with Crippen LogP contribution in [0.15, 0.2) is 48.2 Å². The van der Waals surface area contributed by atoms with Crippen LogP contribution in [0.4, 0.5) is 0 Å². The van der Waals surface area contributed by atoms with Crippen LogP contribution in [-0.2, 0) is 6.42 Å². The van der Waals surface area contributed by atoms with Crippen LogP contribution in [0.1, 0.15) is 30.6 Å². The van der Waals surface area contributed by atoms with Crippen LogP contribution < -0.4 is 9.88 Å². The van der Waals surface area contributed by atoms with E-state index < -0.39 is 0 Å². The summed E-state index contributed by atoms with van der Waals surface area (Å²) in [5, 5.41) is 1.36. The summed E-state index contributed by atoms with van der Waals surface area (Å²) in [6, 6.07) is 8.97. The average molecular weight is 250 g/mol. The number of nitrogens with zero attached hydrogens (tertiary/aromatic N) is 1. The molecule has 0 amide bonds. The first-order valence-corrected chi connectivity index (χ1v) is 7.15. The molecule has 0 saturated carbocycles.